The molecule has 2 rings (SSSR count). The molecule has 1 atom stereocenters. The summed E-state index contributed by atoms with van der Waals surface area (Å²) in [6, 6.07) is 6.03. The number of hydrogen-bond donors (Lipinski definition) is 1. The first-order chi connectivity index (χ1) is 9.06. The number of aryl methyl sites for hydroxylation is 1. The van der Waals surface area contributed by atoms with Crippen molar-refractivity contribution in [3.63, 3.8) is 0 Å². The van der Waals surface area contributed by atoms with Crippen LogP contribution in [0.3, 0.4) is 0 Å². The first kappa shape index (κ1) is 14.3. The predicted molar refractivity (Wildman–Crippen MR) is 78.2 cm³/mol. The maximum absolute atomic E-state index is 11.9. The Morgan fingerprint density at radius 1 is 1.58 bits per heavy atom. The Labute approximate surface area is 122 Å². The Hall–Kier alpha value is -1.07. The SMILES string of the molecule is Cc1ccc(OCCC(=O)N2CC[C@H](N)C2)c(Br)c1. The van der Waals surface area contributed by atoms with Gasteiger partial charge < -0.3 is 15.4 Å². The van der Waals surface area contributed by atoms with Gasteiger partial charge >= 0.3 is 0 Å². The van der Waals surface area contributed by atoms with E-state index in [1.165, 1.54) is 5.56 Å². The molecule has 1 aromatic carbocycles. The minimum atomic E-state index is 0.121. The topological polar surface area (TPSA) is 55.6 Å². The summed E-state index contributed by atoms with van der Waals surface area (Å²) in [4.78, 5) is 13.7. The summed E-state index contributed by atoms with van der Waals surface area (Å²) in [5, 5.41) is 0. The summed E-state index contributed by atoms with van der Waals surface area (Å²) in [5.41, 5.74) is 6.95. The molecule has 2 N–H and O–H groups in total. The van der Waals surface area contributed by atoms with Crippen LogP contribution in [0, 0.1) is 6.92 Å². The van der Waals surface area contributed by atoms with E-state index in [1.54, 1.807) is 0 Å². The fourth-order valence-corrected chi connectivity index (χ4v) is 2.75. The van der Waals surface area contributed by atoms with Crippen molar-refractivity contribution in [3.8, 4) is 5.75 Å². The first-order valence-corrected chi connectivity index (χ1v) is 7.28. The summed E-state index contributed by atoms with van der Waals surface area (Å²) in [7, 11) is 0. The van der Waals surface area contributed by atoms with Crippen LogP contribution in [0.5, 0.6) is 5.75 Å². The van der Waals surface area contributed by atoms with Gasteiger partial charge in [0, 0.05) is 19.1 Å². The molecule has 1 aromatic rings. The molecule has 0 saturated carbocycles. The van der Waals surface area contributed by atoms with E-state index in [0.717, 1.165) is 23.2 Å². The van der Waals surface area contributed by atoms with Crippen molar-refractivity contribution in [2.24, 2.45) is 5.73 Å². The van der Waals surface area contributed by atoms with Gasteiger partial charge in [-0.25, -0.2) is 0 Å². The number of nitrogens with two attached hydrogens (primary N) is 1. The number of ether oxygens (including phenoxy) is 1. The normalized spacial score (nSPS) is 18.7. The van der Waals surface area contributed by atoms with Gasteiger partial charge in [0.05, 0.1) is 17.5 Å². The highest BCUT2D eigenvalue weighted by Crippen LogP contribution is 2.25. The van der Waals surface area contributed by atoms with E-state index in [2.05, 4.69) is 15.9 Å². The molecule has 0 radical (unpaired) electrons. The Bertz CT molecular complexity index is 465. The molecule has 1 saturated heterocycles. The number of amides is 1. The molecule has 0 unspecified atom stereocenters. The smallest absolute Gasteiger partial charge is 0.226 e. The molecule has 1 fully saturated rings. The molecule has 1 amide bonds. The highest BCUT2D eigenvalue weighted by molar-refractivity contribution is 9.10. The van der Waals surface area contributed by atoms with E-state index < -0.39 is 0 Å². The van der Waals surface area contributed by atoms with E-state index in [-0.39, 0.29) is 11.9 Å². The van der Waals surface area contributed by atoms with Crippen LogP contribution in [-0.4, -0.2) is 36.5 Å². The van der Waals surface area contributed by atoms with Crippen LogP contribution in [0.1, 0.15) is 18.4 Å². The number of nitrogens with zero attached hydrogens (tertiary/aromatic N) is 1. The summed E-state index contributed by atoms with van der Waals surface area (Å²) < 4.78 is 6.54. The van der Waals surface area contributed by atoms with E-state index in [0.29, 0.717) is 19.6 Å². The molecule has 1 aliphatic rings. The van der Waals surface area contributed by atoms with Gasteiger partial charge in [-0.3, -0.25) is 4.79 Å². The lowest BCUT2D eigenvalue weighted by molar-refractivity contribution is -0.130. The molecule has 0 aliphatic carbocycles. The van der Waals surface area contributed by atoms with Crippen LogP contribution in [0.4, 0.5) is 0 Å². The van der Waals surface area contributed by atoms with Gasteiger partial charge in [0.2, 0.25) is 5.91 Å². The Morgan fingerprint density at radius 3 is 3.00 bits per heavy atom. The second-order valence-electron chi connectivity index (χ2n) is 4.92. The third kappa shape index (κ3) is 3.94. The van der Waals surface area contributed by atoms with Crippen LogP contribution >= 0.6 is 15.9 Å². The molecule has 0 spiro atoms. The number of halogens is 1. The van der Waals surface area contributed by atoms with Crippen molar-refractivity contribution in [1.29, 1.82) is 0 Å². The van der Waals surface area contributed by atoms with Gasteiger partial charge in [-0.05, 0) is 47.0 Å². The van der Waals surface area contributed by atoms with Crippen molar-refractivity contribution in [2.75, 3.05) is 19.7 Å². The third-order valence-electron chi connectivity index (χ3n) is 3.24. The maximum atomic E-state index is 11.9. The zero-order chi connectivity index (χ0) is 13.8. The van der Waals surface area contributed by atoms with Gasteiger partial charge in [-0.1, -0.05) is 6.07 Å². The van der Waals surface area contributed by atoms with Gasteiger partial charge in [0.1, 0.15) is 5.75 Å². The molecule has 1 aliphatic heterocycles. The number of carbonyl (C=O) groups excluding carboxylic acids is 1. The number of rotatable bonds is 4. The van der Waals surface area contributed by atoms with Crippen molar-refractivity contribution in [1.82, 2.24) is 4.90 Å². The molecular formula is C14H19BrN2O2. The molecule has 19 heavy (non-hydrogen) atoms. The lowest BCUT2D eigenvalue weighted by atomic mass is 10.2. The van der Waals surface area contributed by atoms with Gasteiger partial charge in [0.15, 0.2) is 0 Å². The summed E-state index contributed by atoms with van der Waals surface area (Å²) in [5.74, 6) is 0.896. The zero-order valence-corrected chi connectivity index (χ0v) is 12.6. The lowest BCUT2D eigenvalue weighted by Gasteiger charge is -2.16. The minimum absolute atomic E-state index is 0.121. The molecule has 104 valence electrons. The second kappa shape index (κ2) is 6.39. The average Bonchev–Trinajstić information content (AvgIpc) is 2.78. The van der Waals surface area contributed by atoms with Gasteiger partial charge in [0.25, 0.3) is 0 Å². The van der Waals surface area contributed by atoms with Crippen LogP contribution in [0.25, 0.3) is 0 Å². The van der Waals surface area contributed by atoms with Crippen molar-refractivity contribution < 1.29 is 9.53 Å². The Kier molecular flexibility index (Phi) is 4.82. The average molecular weight is 327 g/mol. The Morgan fingerprint density at radius 2 is 2.37 bits per heavy atom. The van der Waals surface area contributed by atoms with Gasteiger partial charge in [-0.15, -0.1) is 0 Å². The molecular weight excluding hydrogens is 308 g/mol. The largest absolute Gasteiger partial charge is 0.492 e. The fourth-order valence-electron chi connectivity index (χ4n) is 2.14. The number of carbonyl (C=O) groups is 1. The monoisotopic (exact) mass is 326 g/mol. The molecule has 5 heteroatoms. The minimum Gasteiger partial charge on any atom is -0.492 e. The summed E-state index contributed by atoms with van der Waals surface area (Å²) in [6.07, 6.45) is 1.29. The first-order valence-electron chi connectivity index (χ1n) is 6.48. The molecule has 4 nitrogen and oxygen atoms in total. The third-order valence-corrected chi connectivity index (χ3v) is 3.86. The Balaban J connectivity index is 1.78. The molecule has 0 bridgehead atoms. The predicted octanol–water partition coefficient (Wildman–Crippen LogP) is 2.09. The standard InChI is InChI=1S/C14H19BrN2O2/c1-10-2-3-13(12(15)8-10)19-7-5-14(18)17-6-4-11(16)9-17/h2-3,8,11H,4-7,9,16H2,1H3/t11-/m0/s1. The molecule has 0 aromatic heterocycles. The maximum Gasteiger partial charge on any atom is 0.226 e. The zero-order valence-electron chi connectivity index (χ0n) is 11.1. The number of hydrogen-bond acceptors (Lipinski definition) is 3. The number of benzene rings is 1. The van der Waals surface area contributed by atoms with Crippen molar-refractivity contribution in [3.05, 3.63) is 28.2 Å². The van der Waals surface area contributed by atoms with Crippen LogP contribution < -0.4 is 10.5 Å². The van der Waals surface area contributed by atoms with E-state index in [4.69, 9.17) is 10.5 Å². The molecule has 1 heterocycles. The van der Waals surface area contributed by atoms with E-state index >= 15 is 0 Å². The fraction of sp³-hybridized carbons (Fsp3) is 0.500. The van der Waals surface area contributed by atoms with Crippen LogP contribution in [0.2, 0.25) is 0 Å². The van der Waals surface area contributed by atoms with Crippen LogP contribution in [-0.2, 0) is 4.79 Å². The second-order valence-corrected chi connectivity index (χ2v) is 5.78. The van der Waals surface area contributed by atoms with Crippen molar-refractivity contribution >= 4 is 21.8 Å². The van der Waals surface area contributed by atoms with Gasteiger partial charge in [-0.2, -0.15) is 0 Å². The lowest BCUT2D eigenvalue weighted by Crippen LogP contribution is -2.32. The van der Waals surface area contributed by atoms with Crippen molar-refractivity contribution in [2.45, 2.75) is 25.8 Å². The quantitative estimate of drug-likeness (QED) is 0.921. The summed E-state index contributed by atoms with van der Waals surface area (Å²) >= 11 is 3.45. The number of likely N-dealkylation sites (tertiary alicyclic amines) is 1. The van der Waals surface area contributed by atoms with E-state index in [1.807, 2.05) is 30.0 Å². The highest BCUT2D eigenvalue weighted by Gasteiger charge is 2.23. The highest BCUT2D eigenvalue weighted by atomic mass is 79.9. The summed E-state index contributed by atoms with van der Waals surface area (Å²) in [6.45, 7) is 3.86. The van der Waals surface area contributed by atoms with E-state index in [9.17, 15) is 4.79 Å². The van der Waals surface area contributed by atoms with Crippen LogP contribution in [0.15, 0.2) is 22.7 Å².